The van der Waals surface area contributed by atoms with Crippen LogP contribution in [-0.4, -0.2) is 46.4 Å². The lowest BCUT2D eigenvalue weighted by Gasteiger charge is -2.11. The van der Waals surface area contributed by atoms with E-state index in [0.29, 0.717) is 5.69 Å². The van der Waals surface area contributed by atoms with E-state index in [9.17, 15) is 19.2 Å². The van der Waals surface area contributed by atoms with Crippen LogP contribution < -0.4 is 10.6 Å². The fourth-order valence-electron chi connectivity index (χ4n) is 2.32. The summed E-state index contributed by atoms with van der Waals surface area (Å²) in [7, 11) is 1.48. The molecule has 8 nitrogen and oxygen atoms in total. The number of nitrogens with zero attached hydrogens (tertiary/aromatic N) is 1. The Morgan fingerprint density at radius 3 is 2.62 bits per heavy atom. The van der Waals surface area contributed by atoms with Crippen molar-refractivity contribution in [2.75, 3.05) is 18.1 Å². The highest BCUT2D eigenvalue weighted by atomic mass is 32.2. The molecule has 0 spiro atoms. The van der Waals surface area contributed by atoms with Gasteiger partial charge in [0.2, 0.25) is 17.5 Å². The third kappa shape index (κ3) is 3.42. The van der Waals surface area contributed by atoms with Crippen LogP contribution in [0.2, 0.25) is 0 Å². The number of hydrogen-bond donors (Lipinski definition) is 3. The average molecular weight is 370 g/mol. The summed E-state index contributed by atoms with van der Waals surface area (Å²) in [5.74, 6) is -1.88. The predicted octanol–water partition coefficient (Wildman–Crippen LogP) is 1.40. The van der Waals surface area contributed by atoms with Gasteiger partial charge in [0.1, 0.15) is 11.4 Å². The van der Waals surface area contributed by atoms with Crippen molar-refractivity contribution in [3.63, 3.8) is 0 Å². The zero-order chi connectivity index (χ0) is 18.7. The molecule has 0 saturated heterocycles. The Hall–Kier alpha value is -3.20. The van der Waals surface area contributed by atoms with Gasteiger partial charge in [-0.15, -0.1) is 11.8 Å². The first-order chi connectivity index (χ1) is 12.5. The van der Waals surface area contributed by atoms with Crippen LogP contribution in [0.25, 0.3) is 0 Å². The van der Waals surface area contributed by atoms with E-state index in [4.69, 9.17) is 0 Å². The quantitative estimate of drug-likeness (QED) is 0.732. The SMILES string of the molecule is CNC(=O)CSC1=CC(=O)c2n[nH]c(C(=O)Nc3ccccc3)c2C1=O. The number of fused-ring (bicyclic) bond motifs is 1. The molecule has 26 heavy (non-hydrogen) atoms. The first-order valence-corrected chi connectivity index (χ1v) is 8.58. The molecule has 0 aliphatic heterocycles. The van der Waals surface area contributed by atoms with Crippen molar-refractivity contribution in [1.82, 2.24) is 15.5 Å². The Kier molecular flexibility index (Phi) is 4.99. The lowest BCUT2D eigenvalue weighted by molar-refractivity contribution is -0.118. The summed E-state index contributed by atoms with van der Waals surface area (Å²) in [5, 5.41) is 11.4. The van der Waals surface area contributed by atoms with E-state index in [-0.39, 0.29) is 33.5 Å². The van der Waals surface area contributed by atoms with E-state index in [1.54, 1.807) is 30.3 Å². The molecule has 1 aromatic carbocycles. The molecule has 2 amide bonds. The van der Waals surface area contributed by atoms with E-state index in [1.165, 1.54) is 7.05 Å². The van der Waals surface area contributed by atoms with Crippen LogP contribution in [-0.2, 0) is 4.79 Å². The second kappa shape index (κ2) is 7.36. The predicted molar refractivity (Wildman–Crippen MR) is 96.3 cm³/mol. The van der Waals surface area contributed by atoms with Crippen LogP contribution in [0.4, 0.5) is 5.69 Å². The number of Topliss-reactive ketones (excluding diaryl/α,β-unsaturated/α-hetero) is 1. The van der Waals surface area contributed by atoms with Gasteiger partial charge in [-0.05, 0) is 12.1 Å². The van der Waals surface area contributed by atoms with Crippen molar-refractivity contribution in [3.05, 3.63) is 58.3 Å². The number of carbonyl (C=O) groups is 4. The maximum Gasteiger partial charge on any atom is 0.274 e. The summed E-state index contributed by atoms with van der Waals surface area (Å²) in [4.78, 5) is 48.8. The van der Waals surface area contributed by atoms with Crippen molar-refractivity contribution < 1.29 is 19.2 Å². The number of H-pyrrole nitrogens is 1. The average Bonchev–Trinajstić information content (AvgIpc) is 3.10. The second-order valence-electron chi connectivity index (χ2n) is 5.31. The Balaban J connectivity index is 1.86. The Bertz CT molecular complexity index is 933. The Morgan fingerprint density at radius 2 is 1.92 bits per heavy atom. The lowest BCUT2D eigenvalue weighted by Crippen LogP contribution is -2.23. The minimum atomic E-state index is -0.580. The highest BCUT2D eigenvalue weighted by Crippen LogP contribution is 2.29. The largest absolute Gasteiger partial charge is 0.358 e. The number of para-hydroxylation sites is 1. The van der Waals surface area contributed by atoms with Gasteiger partial charge in [0.05, 0.1) is 16.2 Å². The standard InChI is InChI=1S/C17H14N4O4S/c1-18-12(23)8-26-11-7-10(22)14-13(16(11)24)15(21-20-14)17(25)19-9-5-3-2-4-6-9/h2-7H,8H2,1H3,(H,18,23)(H,19,25)(H,20,21). The molecule has 1 aliphatic rings. The molecule has 0 unspecified atom stereocenters. The van der Waals surface area contributed by atoms with E-state index in [2.05, 4.69) is 20.8 Å². The maximum absolute atomic E-state index is 12.7. The first kappa shape index (κ1) is 17.6. The third-order valence-electron chi connectivity index (χ3n) is 3.61. The highest BCUT2D eigenvalue weighted by Gasteiger charge is 2.34. The molecule has 2 aromatic rings. The van der Waals surface area contributed by atoms with Crippen molar-refractivity contribution >= 4 is 40.8 Å². The molecule has 0 bridgehead atoms. The molecule has 0 radical (unpaired) electrons. The fourth-order valence-corrected chi connectivity index (χ4v) is 3.17. The fraction of sp³-hybridized carbons (Fsp3) is 0.118. The molecular weight excluding hydrogens is 356 g/mol. The van der Waals surface area contributed by atoms with Gasteiger partial charge >= 0.3 is 0 Å². The number of carbonyl (C=O) groups excluding carboxylic acids is 4. The van der Waals surface area contributed by atoms with Gasteiger partial charge in [0.15, 0.2) is 0 Å². The van der Waals surface area contributed by atoms with Gasteiger partial charge in [-0.1, -0.05) is 18.2 Å². The zero-order valence-corrected chi connectivity index (χ0v) is 14.5. The van der Waals surface area contributed by atoms with Crippen LogP contribution in [0.1, 0.15) is 31.3 Å². The summed E-state index contributed by atoms with van der Waals surface area (Å²) >= 11 is 0.939. The van der Waals surface area contributed by atoms with Gasteiger partial charge in [0.25, 0.3) is 5.91 Å². The maximum atomic E-state index is 12.7. The van der Waals surface area contributed by atoms with E-state index in [1.807, 2.05) is 0 Å². The topological polar surface area (TPSA) is 121 Å². The molecule has 3 rings (SSSR count). The van der Waals surface area contributed by atoms with Crippen LogP contribution in [0, 0.1) is 0 Å². The van der Waals surface area contributed by atoms with Gasteiger partial charge in [-0.25, -0.2) is 0 Å². The summed E-state index contributed by atoms with van der Waals surface area (Å²) in [5.41, 5.74) is 0.274. The minimum Gasteiger partial charge on any atom is -0.358 e. The number of anilines is 1. The molecular formula is C17H14N4O4S. The number of benzene rings is 1. The smallest absolute Gasteiger partial charge is 0.274 e. The molecule has 3 N–H and O–H groups in total. The summed E-state index contributed by atoms with van der Waals surface area (Å²) in [6.45, 7) is 0. The van der Waals surface area contributed by atoms with Crippen molar-refractivity contribution in [1.29, 1.82) is 0 Å². The number of allylic oxidation sites excluding steroid dienone is 2. The number of aromatic nitrogens is 2. The highest BCUT2D eigenvalue weighted by molar-refractivity contribution is 8.04. The molecule has 132 valence electrons. The summed E-state index contributed by atoms with van der Waals surface area (Å²) < 4.78 is 0. The number of nitrogens with one attached hydrogen (secondary N) is 3. The number of rotatable bonds is 5. The molecule has 0 atom stereocenters. The molecule has 1 heterocycles. The molecule has 1 aliphatic carbocycles. The lowest BCUT2D eigenvalue weighted by atomic mass is 9.99. The van der Waals surface area contributed by atoms with Crippen molar-refractivity contribution in [3.8, 4) is 0 Å². The van der Waals surface area contributed by atoms with Crippen molar-refractivity contribution in [2.24, 2.45) is 0 Å². The van der Waals surface area contributed by atoms with Crippen LogP contribution in [0.3, 0.4) is 0 Å². The number of thioether (sulfide) groups is 1. The number of ketones is 2. The van der Waals surface area contributed by atoms with E-state index < -0.39 is 17.5 Å². The molecule has 0 saturated carbocycles. The zero-order valence-electron chi connectivity index (χ0n) is 13.7. The monoisotopic (exact) mass is 370 g/mol. The molecule has 1 aromatic heterocycles. The van der Waals surface area contributed by atoms with Crippen LogP contribution >= 0.6 is 11.8 Å². The molecule has 0 fully saturated rings. The van der Waals surface area contributed by atoms with Gasteiger partial charge in [0, 0.05) is 18.8 Å². The minimum absolute atomic E-state index is 0.0138. The number of aromatic amines is 1. The first-order valence-electron chi connectivity index (χ1n) is 7.60. The normalized spacial score (nSPS) is 13.0. The van der Waals surface area contributed by atoms with Gasteiger partial charge in [-0.2, -0.15) is 5.10 Å². The van der Waals surface area contributed by atoms with Gasteiger partial charge < -0.3 is 10.6 Å². The van der Waals surface area contributed by atoms with Crippen LogP contribution in [0.5, 0.6) is 0 Å². The second-order valence-corrected chi connectivity index (χ2v) is 6.32. The van der Waals surface area contributed by atoms with Crippen molar-refractivity contribution in [2.45, 2.75) is 0 Å². The van der Waals surface area contributed by atoms with Gasteiger partial charge in [-0.3, -0.25) is 24.3 Å². The number of amides is 2. The van der Waals surface area contributed by atoms with E-state index >= 15 is 0 Å². The Labute approximate surface area is 152 Å². The third-order valence-corrected chi connectivity index (χ3v) is 4.63. The summed E-state index contributed by atoms with van der Waals surface area (Å²) in [6, 6.07) is 8.69. The van der Waals surface area contributed by atoms with Crippen LogP contribution in [0.15, 0.2) is 41.3 Å². The Morgan fingerprint density at radius 1 is 1.19 bits per heavy atom. The van der Waals surface area contributed by atoms with E-state index in [0.717, 1.165) is 17.8 Å². The summed E-state index contributed by atoms with van der Waals surface area (Å²) in [6.07, 6.45) is 1.14. The number of hydrogen-bond acceptors (Lipinski definition) is 6. The molecule has 9 heteroatoms.